The highest BCUT2D eigenvalue weighted by molar-refractivity contribution is 7.93. The maximum Gasteiger partial charge on any atom is 0.263 e. The second-order valence-electron chi connectivity index (χ2n) is 3.26. The van der Waals surface area contributed by atoms with Crippen molar-refractivity contribution >= 4 is 26.5 Å². The van der Waals surface area contributed by atoms with Gasteiger partial charge in [0.1, 0.15) is 11.3 Å². The minimum atomic E-state index is -3.85. The molecule has 2 aromatic rings. The van der Waals surface area contributed by atoms with E-state index < -0.39 is 22.4 Å². The monoisotopic (exact) mass is 289 g/mol. The number of nitrogens with one attached hydrogen (secondary N) is 1. The lowest BCUT2D eigenvalue weighted by molar-refractivity contribution is 0.275. The first-order valence-corrected chi connectivity index (χ1v) is 7.07. The highest BCUT2D eigenvalue weighted by Gasteiger charge is 2.17. The molecule has 0 bridgehead atoms. The predicted molar refractivity (Wildman–Crippen MR) is 63.0 cm³/mol. The molecule has 0 aliphatic carbocycles. The fourth-order valence-electron chi connectivity index (χ4n) is 1.23. The molecule has 1 heterocycles. The summed E-state index contributed by atoms with van der Waals surface area (Å²) in [6, 6.07) is 3.16. The minimum Gasteiger partial charge on any atom is -0.392 e. The van der Waals surface area contributed by atoms with Gasteiger partial charge in [-0.15, -0.1) is 10.2 Å². The van der Waals surface area contributed by atoms with E-state index in [-0.39, 0.29) is 15.6 Å². The van der Waals surface area contributed by atoms with Crippen molar-refractivity contribution in [2.75, 3.05) is 4.72 Å². The molecular weight excluding hydrogens is 281 g/mol. The van der Waals surface area contributed by atoms with Crippen molar-refractivity contribution in [1.82, 2.24) is 10.2 Å². The maximum absolute atomic E-state index is 13.1. The number of anilines is 1. The second kappa shape index (κ2) is 4.96. The van der Waals surface area contributed by atoms with E-state index in [0.717, 1.165) is 29.5 Å². The summed E-state index contributed by atoms with van der Waals surface area (Å²) >= 11 is 1.02. The van der Waals surface area contributed by atoms with E-state index in [1.54, 1.807) is 0 Å². The molecule has 0 saturated carbocycles. The molecule has 0 amide bonds. The number of nitrogens with zero attached hydrogens (tertiary/aromatic N) is 2. The zero-order chi connectivity index (χ0) is 13.2. The molecule has 0 unspecified atom stereocenters. The van der Waals surface area contributed by atoms with E-state index in [1.807, 2.05) is 0 Å². The van der Waals surface area contributed by atoms with Crippen LogP contribution in [-0.2, 0) is 16.6 Å². The standard InChI is InChI=1S/C9H8FN3O3S2/c10-8-2-1-7(3-6(8)4-14)18(15,16)13-9-12-11-5-17-9/h1-3,5,14H,4H2,(H,12,13). The fraction of sp³-hybridized carbons (Fsp3) is 0.111. The average Bonchev–Trinajstić information content (AvgIpc) is 2.81. The van der Waals surface area contributed by atoms with Crippen molar-refractivity contribution in [3.8, 4) is 0 Å². The fourth-order valence-corrected chi connectivity index (χ4v) is 2.97. The smallest absolute Gasteiger partial charge is 0.263 e. The number of hydrogen-bond donors (Lipinski definition) is 2. The van der Waals surface area contributed by atoms with Gasteiger partial charge in [-0.3, -0.25) is 4.72 Å². The van der Waals surface area contributed by atoms with E-state index in [0.29, 0.717) is 0 Å². The van der Waals surface area contributed by atoms with Crippen molar-refractivity contribution in [3.63, 3.8) is 0 Å². The van der Waals surface area contributed by atoms with E-state index in [2.05, 4.69) is 14.9 Å². The number of halogens is 1. The molecule has 1 aromatic heterocycles. The lowest BCUT2D eigenvalue weighted by Gasteiger charge is -2.06. The van der Waals surface area contributed by atoms with Crippen LogP contribution in [0.3, 0.4) is 0 Å². The average molecular weight is 289 g/mol. The van der Waals surface area contributed by atoms with E-state index in [4.69, 9.17) is 5.11 Å². The van der Waals surface area contributed by atoms with Crippen LogP contribution in [0.25, 0.3) is 0 Å². The zero-order valence-corrected chi connectivity index (χ0v) is 10.5. The Bertz CT molecular complexity index is 643. The molecule has 0 aliphatic rings. The summed E-state index contributed by atoms with van der Waals surface area (Å²) in [6.07, 6.45) is 0. The molecule has 0 fully saturated rings. The number of hydrogen-bond acceptors (Lipinski definition) is 6. The van der Waals surface area contributed by atoms with E-state index in [1.165, 1.54) is 5.51 Å². The van der Waals surface area contributed by atoms with Crippen LogP contribution in [0.2, 0.25) is 0 Å². The van der Waals surface area contributed by atoms with Gasteiger partial charge in [0, 0.05) is 5.56 Å². The molecular formula is C9H8FN3O3S2. The Morgan fingerprint density at radius 2 is 2.22 bits per heavy atom. The van der Waals surface area contributed by atoms with Crippen molar-refractivity contribution < 1.29 is 17.9 Å². The number of rotatable bonds is 4. The Morgan fingerprint density at radius 1 is 1.44 bits per heavy atom. The van der Waals surface area contributed by atoms with Crippen LogP contribution in [0.1, 0.15) is 5.56 Å². The Labute approximate surface area is 106 Å². The summed E-state index contributed by atoms with van der Waals surface area (Å²) < 4.78 is 39.1. The predicted octanol–water partition coefficient (Wildman–Crippen LogP) is 0.970. The number of sulfonamides is 1. The van der Waals surface area contributed by atoms with E-state index in [9.17, 15) is 12.8 Å². The summed E-state index contributed by atoms with van der Waals surface area (Å²) in [5.74, 6) is -0.660. The van der Waals surface area contributed by atoms with Crippen LogP contribution in [0, 0.1) is 5.82 Å². The zero-order valence-electron chi connectivity index (χ0n) is 8.87. The van der Waals surface area contributed by atoms with Gasteiger partial charge in [-0.25, -0.2) is 12.8 Å². The van der Waals surface area contributed by atoms with Gasteiger partial charge in [-0.05, 0) is 18.2 Å². The molecule has 96 valence electrons. The Morgan fingerprint density at radius 3 is 2.83 bits per heavy atom. The summed E-state index contributed by atoms with van der Waals surface area (Å²) in [5.41, 5.74) is 1.29. The third kappa shape index (κ3) is 2.63. The van der Waals surface area contributed by atoms with Gasteiger partial charge in [-0.2, -0.15) is 0 Å². The molecule has 0 aliphatic heterocycles. The number of aliphatic hydroxyl groups excluding tert-OH is 1. The van der Waals surface area contributed by atoms with Gasteiger partial charge < -0.3 is 5.11 Å². The summed E-state index contributed by atoms with van der Waals surface area (Å²) in [6.45, 7) is -0.575. The van der Waals surface area contributed by atoms with E-state index >= 15 is 0 Å². The molecule has 2 rings (SSSR count). The van der Waals surface area contributed by atoms with Gasteiger partial charge in [0.15, 0.2) is 0 Å². The third-order valence-electron chi connectivity index (χ3n) is 2.08. The molecule has 1 aromatic carbocycles. The topological polar surface area (TPSA) is 92.2 Å². The molecule has 0 spiro atoms. The van der Waals surface area contributed by atoms with Crippen LogP contribution in [0.4, 0.5) is 9.52 Å². The number of aromatic nitrogens is 2. The molecule has 6 nitrogen and oxygen atoms in total. The summed E-state index contributed by atoms with van der Waals surface area (Å²) in [7, 11) is -3.85. The first-order valence-electron chi connectivity index (χ1n) is 4.71. The number of aliphatic hydroxyl groups is 1. The van der Waals surface area contributed by atoms with Gasteiger partial charge in [0.25, 0.3) is 10.0 Å². The molecule has 2 N–H and O–H groups in total. The van der Waals surface area contributed by atoms with Gasteiger partial charge in [-0.1, -0.05) is 11.3 Å². The van der Waals surface area contributed by atoms with Crippen LogP contribution in [0.15, 0.2) is 28.6 Å². The summed E-state index contributed by atoms with van der Waals surface area (Å²) in [4.78, 5) is -0.150. The van der Waals surface area contributed by atoms with Crippen molar-refractivity contribution in [1.29, 1.82) is 0 Å². The summed E-state index contributed by atoms with van der Waals surface area (Å²) in [5, 5.41) is 16.0. The van der Waals surface area contributed by atoms with Crippen LogP contribution in [-0.4, -0.2) is 23.7 Å². The molecule has 18 heavy (non-hydrogen) atoms. The largest absolute Gasteiger partial charge is 0.392 e. The molecule has 0 radical (unpaired) electrons. The van der Waals surface area contributed by atoms with Gasteiger partial charge in [0.2, 0.25) is 5.13 Å². The Kier molecular flexibility index (Phi) is 3.55. The highest BCUT2D eigenvalue weighted by Crippen LogP contribution is 2.19. The lowest BCUT2D eigenvalue weighted by atomic mass is 10.2. The van der Waals surface area contributed by atoms with Gasteiger partial charge >= 0.3 is 0 Å². The van der Waals surface area contributed by atoms with Crippen LogP contribution < -0.4 is 4.72 Å². The Hall–Kier alpha value is -1.58. The molecule has 9 heteroatoms. The van der Waals surface area contributed by atoms with Crippen molar-refractivity contribution in [2.24, 2.45) is 0 Å². The van der Waals surface area contributed by atoms with Crippen molar-refractivity contribution in [2.45, 2.75) is 11.5 Å². The molecule has 0 saturated heterocycles. The minimum absolute atomic E-state index is 0.0878. The lowest BCUT2D eigenvalue weighted by Crippen LogP contribution is -2.13. The SMILES string of the molecule is O=S(=O)(Nc1nncs1)c1ccc(F)c(CO)c1. The normalized spacial score (nSPS) is 11.4. The van der Waals surface area contributed by atoms with Gasteiger partial charge in [0.05, 0.1) is 11.5 Å². The first kappa shape index (κ1) is 12.9. The quantitative estimate of drug-likeness (QED) is 0.875. The van der Waals surface area contributed by atoms with Crippen LogP contribution >= 0.6 is 11.3 Å². The Balaban J connectivity index is 2.35. The first-order chi connectivity index (χ1) is 8.53. The van der Waals surface area contributed by atoms with Crippen molar-refractivity contribution in [3.05, 3.63) is 35.1 Å². The highest BCUT2D eigenvalue weighted by atomic mass is 32.2. The number of benzene rings is 1. The maximum atomic E-state index is 13.1. The third-order valence-corrected chi connectivity index (χ3v) is 4.15. The molecule has 0 atom stereocenters. The van der Waals surface area contributed by atoms with Crippen LogP contribution in [0.5, 0.6) is 0 Å². The second-order valence-corrected chi connectivity index (χ2v) is 5.78.